The third-order valence-electron chi connectivity index (χ3n) is 7.10. The van der Waals surface area contributed by atoms with Crippen molar-refractivity contribution >= 4 is 64.2 Å². The fourth-order valence-electron chi connectivity index (χ4n) is 5.30. The Morgan fingerprint density at radius 1 is 0.667 bits per heavy atom. The van der Waals surface area contributed by atoms with Crippen LogP contribution >= 0.6 is 11.3 Å². The molecule has 0 N–H and O–H groups in total. The minimum absolute atomic E-state index is 0.971. The van der Waals surface area contributed by atoms with Crippen LogP contribution in [0.2, 0.25) is 0 Å². The summed E-state index contributed by atoms with van der Waals surface area (Å²) in [5, 5.41) is 7.71. The second-order valence-electron chi connectivity index (χ2n) is 9.53. The molecule has 33 heavy (non-hydrogen) atoms. The fraction of sp³-hybridized carbons (Fsp3) is 0.290. The zero-order chi connectivity index (χ0) is 22.4. The summed E-state index contributed by atoms with van der Waals surface area (Å²) in [6.07, 6.45) is 9.28. The van der Waals surface area contributed by atoms with Gasteiger partial charge >= 0.3 is 0 Å². The Labute approximate surface area is 199 Å². The Morgan fingerprint density at radius 2 is 1.39 bits per heavy atom. The average Bonchev–Trinajstić information content (AvgIpc) is 3.39. The van der Waals surface area contributed by atoms with Crippen molar-refractivity contribution < 1.29 is 4.42 Å². The van der Waals surface area contributed by atoms with Crippen molar-refractivity contribution in [2.75, 3.05) is 0 Å². The molecule has 0 fully saturated rings. The second-order valence-corrected chi connectivity index (χ2v) is 10.6. The molecule has 2 heteroatoms. The number of hydrogen-bond acceptors (Lipinski definition) is 2. The van der Waals surface area contributed by atoms with E-state index >= 15 is 0 Å². The second kappa shape index (κ2) is 8.50. The summed E-state index contributed by atoms with van der Waals surface area (Å²) < 4.78 is 9.10. The van der Waals surface area contributed by atoms with E-state index in [9.17, 15) is 0 Å². The number of benzene rings is 4. The van der Waals surface area contributed by atoms with Gasteiger partial charge in [0.2, 0.25) is 0 Å². The summed E-state index contributed by atoms with van der Waals surface area (Å²) in [7, 11) is 0. The van der Waals surface area contributed by atoms with Crippen molar-refractivity contribution in [3.8, 4) is 0 Å². The van der Waals surface area contributed by atoms with Gasteiger partial charge in [0.15, 0.2) is 0 Å². The first kappa shape index (κ1) is 20.7. The largest absolute Gasteiger partial charge is 0.455 e. The summed E-state index contributed by atoms with van der Waals surface area (Å²) in [5.41, 5.74) is 4.72. The quantitative estimate of drug-likeness (QED) is 0.220. The Morgan fingerprint density at radius 3 is 2.24 bits per heavy atom. The molecule has 0 saturated heterocycles. The van der Waals surface area contributed by atoms with Crippen molar-refractivity contribution in [2.24, 2.45) is 0 Å². The van der Waals surface area contributed by atoms with E-state index in [-0.39, 0.29) is 0 Å². The lowest BCUT2D eigenvalue weighted by Crippen LogP contribution is -1.86. The SMILES string of the molecule is CCCCCCCCc1ccc2sc3c(ccc4c3ccc3c5cc(C)ccc5oc34)c2c1. The van der Waals surface area contributed by atoms with Crippen molar-refractivity contribution in [1.82, 2.24) is 0 Å². The van der Waals surface area contributed by atoms with Crippen LogP contribution in [0, 0.1) is 6.92 Å². The summed E-state index contributed by atoms with van der Waals surface area (Å²) in [5.74, 6) is 0. The third-order valence-corrected chi connectivity index (χ3v) is 8.32. The van der Waals surface area contributed by atoms with Gasteiger partial charge in [-0.15, -0.1) is 11.3 Å². The first-order chi connectivity index (χ1) is 16.2. The molecule has 6 rings (SSSR count). The van der Waals surface area contributed by atoms with E-state index in [2.05, 4.69) is 74.5 Å². The van der Waals surface area contributed by atoms with Crippen LogP contribution in [-0.2, 0) is 6.42 Å². The molecule has 0 spiro atoms. The van der Waals surface area contributed by atoms with Gasteiger partial charge < -0.3 is 4.42 Å². The van der Waals surface area contributed by atoms with Gasteiger partial charge in [-0.25, -0.2) is 0 Å². The molecule has 4 aromatic carbocycles. The molecule has 0 saturated carbocycles. The van der Waals surface area contributed by atoms with E-state index in [4.69, 9.17) is 4.42 Å². The van der Waals surface area contributed by atoms with Gasteiger partial charge in [-0.05, 0) is 61.7 Å². The lowest BCUT2D eigenvalue weighted by Gasteiger charge is -2.03. The fourth-order valence-corrected chi connectivity index (χ4v) is 6.51. The molecule has 0 aliphatic carbocycles. The van der Waals surface area contributed by atoms with Crippen LogP contribution in [0.4, 0.5) is 0 Å². The van der Waals surface area contributed by atoms with Gasteiger partial charge in [0.05, 0.1) is 0 Å². The van der Waals surface area contributed by atoms with Gasteiger partial charge in [-0.1, -0.05) is 68.9 Å². The van der Waals surface area contributed by atoms with Gasteiger partial charge in [0.1, 0.15) is 11.2 Å². The number of furan rings is 1. The molecule has 0 aliphatic heterocycles. The van der Waals surface area contributed by atoms with E-state index < -0.39 is 0 Å². The number of hydrogen-bond donors (Lipinski definition) is 0. The number of unbranched alkanes of at least 4 members (excludes halogenated alkanes) is 5. The molecule has 0 atom stereocenters. The van der Waals surface area contributed by atoms with Crippen LogP contribution in [0.25, 0.3) is 52.9 Å². The van der Waals surface area contributed by atoms with E-state index in [0.717, 1.165) is 11.2 Å². The lowest BCUT2D eigenvalue weighted by molar-refractivity contribution is 0.607. The first-order valence-electron chi connectivity index (χ1n) is 12.4. The van der Waals surface area contributed by atoms with Crippen LogP contribution in [0.15, 0.2) is 65.1 Å². The van der Waals surface area contributed by atoms with Crippen molar-refractivity contribution in [1.29, 1.82) is 0 Å². The number of aryl methyl sites for hydroxylation is 2. The molecule has 0 bridgehead atoms. The number of rotatable bonds is 7. The van der Waals surface area contributed by atoms with Crippen molar-refractivity contribution in [2.45, 2.75) is 58.8 Å². The average molecular weight is 451 g/mol. The van der Waals surface area contributed by atoms with Gasteiger partial charge in [-0.3, -0.25) is 0 Å². The molecule has 2 heterocycles. The van der Waals surface area contributed by atoms with Crippen LogP contribution < -0.4 is 0 Å². The Bertz CT molecular complexity index is 1610. The monoisotopic (exact) mass is 450 g/mol. The molecular weight excluding hydrogens is 420 g/mol. The van der Waals surface area contributed by atoms with Gasteiger partial charge in [0.25, 0.3) is 0 Å². The Kier molecular flexibility index (Phi) is 5.34. The highest BCUT2D eigenvalue weighted by atomic mass is 32.1. The van der Waals surface area contributed by atoms with Crippen LogP contribution in [-0.4, -0.2) is 0 Å². The van der Waals surface area contributed by atoms with Crippen molar-refractivity contribution in [3.63, 3.8) is 0 Å². The maximum atomic E-state index is 6.35. The van der Waals surface area contributed by atoms with E-state index in [1.54, 1.807) is 0 Å². The zero-order valence-corrected chi connectivity index (χ0v) is 20.4. The topological polar surface area (TPSA) is 13.1 Å². The standard InChI is InChI=1S/C31H30OS/c1-3-4-5-6-7-8-9-21-11-17-29-27(19-21)25-15-12-22-24(31(25)33-29)14-13-23-26-18-20(2)10-16-28(26)32-30(22)23/h10-19H,3-9H2,1-2H3. The molecule has 1 nitrogen and oxygen atoms in total. The Balaban J connectivity index is 1.40. The van der Waals surface area contributed by atoms with Crippen LogP contribution in [0.5, 0.6) is 0 Å². The summed E-state index contributed by atoms with van der Waals surface area (Å²) in [6, 6.07) is 22.7. The van der Waals surface area contributed by atoms with Crippen molar-refractivity contribution in [3.05, 3.63) is 71.8 Å². The highest BCUT2D eigenvalue weighted by molar-refractivity contribution is 7.26. The molecular formula is C31H30OS. The zero-order valence-electron chi connectivity index (χ0n) is 19.5. The molecule has 6 aromatic rings. The predicted molar refractivity (Wildman–Crippen MR) is 146 cm³/mol. The summed E-state index contributed by atoms with van der Waals surface area (Å²) >= 11 is 1.91. The third kappa shape index (κ3) is 3.61. The lowest BCUT2D eigenvalue weighted by atomic mass is 10.0. The minimum atomic E-state index is 0.971. The minimum Gasteiger partial charge on any atom is -0.455 e. The highest BCUT2D eigenvalue weighted by Gasteiger charge is 2.14. The maximum Gasteiger partial charge on any atom is 0.143 e. The highest BCUT2D eigenvalue weighted by Crippen LogP contribution is 2.42. The molecule has 0 radical (unpaired) electrons. The normalized spacial score (nSPS) is 12.2. The number of thiophene rings is 1. The molecule has 2 aromatic heterocycles. The summed E-state index contributed by atoms with van der Waals surface area (Å²) in [4.78, 5) is 0. The van der Waals surface area contributed by atoms with E-state index in [1.165, 1.54) is 97.8 Å². The maximum absolute atomic E-state index is 6.35. The first-order valence-corrected chi connectivity index (χ1v) is 13.2. The summed E-state index contributed by atoms with van der Waals surface area (Å²) in [6.45, 7) is 4.42. The molecule has 0 unspecified atom stereocenters. The molecule has 166 valence electrons. The van der Waals surface area contributed by atoms with Gasteiger partial charge in [-0.2, -0.15) is 0 Å². The van der Waals surface area contributed by atoms with Crippen LogP contribution in [0.1, 0.15) is 56.6 Å². The van der Waals surface area contributed by atoms with Crippen LogP contribution in [0.3, 0.4) is 0 Å². The smallest absolute Gasteiger partial charge is 0.143 e. The van der Waals surface area contributed by atoms with E-state index in [0.29, 0.717) is 0 Å². The molecule has 0 amide bonds. The predicted octanol–water partition coefficient (Wildman–Crippen LogP) is 10.3. The van der Waals surface area contributed by atoms with Gasteiger partial charge in [0, 0.05) is 41.7 Å². The Hall–Kier alpha value is -2.84. The number of fused-ring (bicyclic) bond motifs is 9. The van der Waals surface area contributed by atoms with E-state index in [1.807, 2.05) is 11.3 Å². The molecule has 0 aliphatic rings.